The maximum Gasteiger partial charge on any atom is 0.194 e. The van der Waals surface area contributed by atoms with E-state index in [1.165, 1.54) is 22.3 Å². The molecular weight excluding hydrogens is 386 g/mol. The van der Waals surface area contributed by atoms with E-state index in [1.54, 1.807) is 0 Å². The number of aromatic nitrogens is 2. The summed E-state index contributed by atoms with van der Waals surface area (Å²) in [6.07, 6.45) is 3.93. The van der Waals surface area contributed by atoms with E-state index in [9.17, 15) is 0 Å². The van der Waals surface area contributed by atoms with E-state index in [0.29, 0.717) is 13.2 Å². The SMILES string of the molecule is CN=C(NCc1nccn1Cc1ccccc1)N1CCOC(c2ccc(C)cc2C)C1. The number of imidazole rings is 1. The Morgan fingerprint density at radius 2 is 2.03 bits per heavy atom. The normalized spacial score (nSPS) is 17.1. The summed E-state index contributed by atoms with van der Waals surface area (Å²) in [5.41, 5.74) is 5.06. The first-order valence-corrected chi connectivity index (χ1v) is 10.8. The van der Waals surface area contributed by atoms with Crippen LogP contribution in [0.2, 0.25) is 0 Å². The second kappa shape index (κ2) is 9.79. The van der Waals surface area contributed by atoms with Crippen molar-refractivity contribution in [2.24, 2.45) is 4.99 Å². The lowest BCUT2D eigenvalue weighted by atomic mass is 10.00. The summed E-state index contributed by atoms with van der Waals surface area (Å²) in [6.45, 7) is 7.99. The summed E-state index contributed by atoms with van der Waals surface area (Å²) in [7, 11) is 1.83. The third-order valence-electron chi connectivity index (χ3n) is 5.75. The smallest absolute Gasteiger partial charge is 0.194 e. The van der Waals surface area contributed by atoms with Crippen molar-refractivity contribution in [2.45, 2.75) is 33.0 Å². The van der Waals surface area contributed by atoms with Crippen LogP contribution in [-0.4, -0.2) is 47.2 Å². The lowest BCUT2D eigenvalue weighted by Gasteiger charge is -2.35. The summed E-state index contributed by atoms with van der Waals surface area (Å²) < 4.78 is 8.28. The number of ether oxygens (including phenoxy) is 1. The maximum atomic E-state index is 6.10. The molecule has 1 N–H and O–H groups in total. The van der Waals surface area contributed by atoms with Crippen LogP contribution in [0.5, 0.6) is 0 Å². The molecule has 0 bridgehead atoms. The van der Waals surface area contributed by atoms with Crippen molar-refractivity contribution in [3.8, 4) is 0 Å². The van der Waals surface area contributed by atoms with Crippen molar-refractivity contribution in [3.63, 3.8) is 0 Å². The number of nitrogens with zero attached hydrogens (tertiary/aromatic N) is 4. The van der Waals surface area contributed by atoms with Gasteiger partial charge in [0.2, 0.25) is 0 Å². The molecule has 0 amide bonds. The van der Waals surface area contributed by atoms with Gasteiger partial charge in [0, 0.05) is 32.5 Å². The molecule has 1 aliphatic heterocycles. The van der Waals surface area contributed by atoms with Gasteiger partial charge in [-0.25, -0.2) is 4.98 Å². The molecule has 1 aliphatic rings. The highest BCUT2D eigenvalue weighted by atomic mass is 16.5. The Hall–Kier alpha value is -3.12. The zero-order valence-corrected chi connectivity index (χ0v) is 18.6. The first-order valence-electron chi connectivity index (χ1n) is 10.8. The summed E-state index contributed by atoms with van der Waals surface area (Å²) in [6, 6.07) is 17.0. The van der Waals surface area contributed by atoms with E-state index in [1.807, 2.05) is 25.5 Å². The molecule has 162 valence electrons. The van der Waals surface area contributed by atoms with Gasteiger partial charge in [-0.15, -0.1) is 0 Å². The quantitative estimate of drug-likeness (QED) is 0.508. The molecule has 0 spiro atoms. The fourth-order valence-electron chi connectivity index (χ4n) is 4.14. The highest BCUT2D eigenvalue weighted by Gasteiger charge is 2.25. The van der Waals surface area contributed by atoms with E-state index in [-0.39, 0.29) is 6.10 Å². The molecule has 1 aromatic heterocycles. The van der Waals surface area contributed by atoms with Crippen molar-refractivity contribution in [3.05, 3.63) is 89.0 Å². The molecule has 3 aromatic rings. The molecule has 0 radical (unpaired) electrons. The average Bonchev–Trinajstić information content (AvgIpc) is 3.22. The lowest BCUT2D eigenvalue weighted by Crippen LogP contribution is -2.48. The molecule has 31 heavy (non-hydrogen) atoms. The van der Waals surface area contributed by atoms with Crippen LogP contribution < -0.4 is 5.32 Å². The Kier molecular flexibility index (Phi) is 6.67. The van der Waals surface area contributed by atoms with Crippen molar-refractivity contribution in [1.82, 2.24) is 19.8 Å². The molecule has 0 saturated carbocycles. The number of aliphatic imine (C=N–C) groups is 1. The van der Waals surface area contributed by atoms with E-state index in [4.69, 9.17) is 4.74 Å². The minimum absolute atomic E-state index is 0.0490. The fourth-order valence-corrected chi connectivity index (χ4v) is 4.14. The van der Waals surface area contributed by atoms with Gasteiger partial charge in [0.15, 0.2) is 5.96 Å². The summed E-state index contributed by atoms with van der Waals surface area (Å²) in [4.78, 5) is 11.4. The molecule has 1 unspecified atom stereocenters. The van der Waals surface area contributed by atoms with Gasteiger partial charge < -0.3 is 19.5 Å². The number of guanidine groups is 1. The van der Waals surface area contributed by atoms with Crippen LogP contribution in [-0.2, 0) is 17.8 Å². The zero-order valence-electron chi connectivity index (χ0n) is 18.6. The first-order chi connectivity index (χ1) is 15.1. The van der Waals surface area contributed by atoms with Crippen molar-refractivity contribution in [1.29, 1.82) is 0 Å². The molecule has 6 heteroatoms. The highest BCUT2D eigenvalue weighted by Crippen LogP contribution is 2.26. The number of hydrogen-bond donors (Lipinski definition) is 1. The van der Waals surface area contributed by atoms with Crippen LogP contribution in [0.4, 0.5) is 0 Å². The van der Waals surface area contributed by atoms with E-state index in [2.05, 4.69) is 81.1 Å². The van der Waals surface area contributed by atoms with Gasteiger partial charge >= 0.3 is 0 Å². The summed E-state index contributed by atoms with van der Waals surface area (Å²) in [5.74, 6) is 1.87. The number of hydrogen-bond acceptors (Lipinski definition) is 3. The van der Waals surface area contributed by atoms with Crippen molar-refractivity contribution >= 4 is 5.96 Å². The Morgan fingerprint density at radius 1 is 1.19 bits per heavy atom. The van der Waals surface area contributed by atoms with Gasteiger partial charge in [-0.1, -0.05) is 54.1 Å². The number of rotatable bonds is 5. The first kappa shape index (κ1) is 21.1. The molecule has 1 atom stereocenters. The van der Waals surface area contributed by atoms with Crippen molar-refractivity contribution in [2.75, 3.05) is 26.7 Å². The molecule has 2 aromatic carbocycles. The minimum atomic E-state index is 0.0490. The molecule has 6 nitrogen and oxygen atoms in total. The van der Waals surface area contributed by atoms with Crippen LogP contribution in [0.3, 0.4) is 0 Å². The topological polar surface area (TPSA) is 54.7 Å². The highest BCUT2D eigenvalue weighted by molar-refractivity contribution is 5.80. The van der Waals surface area contributed by atoms with Gasteiger partial charge in [-0.05, 0) is 30.5 Å². The fraction of sp³-hybridized carbons (Fsp3) is 0.360. The molecule has 0 aliphatic carbocycles. The maximum absolute atomic E-state index is 6.10. The Labute approximate surface area is 184 Å². The van der Waals surface area contributed by atoms with Crippen LogP contribution in [0.25, 0.3) is 0 Å². The van der Waals surface area contributed by atoms with Gasteiger partial charge in [-0.2, -0.15) is 0 Å². The Balaban J connectivity index is 1.40. The monoisotopic (exact) mass is 417 g/mol. The van der Waals surface area contributed by atoms with Crippen LogP contribution in [0.15, 0.2) is 65.9 Å². The average molecular weight is 418 g/mol. The summed E-state index contributed by atoms with van der Waals surface area (Å²) in [5, 5.41) is 3.50. The lowest BCUT2D eigenvalue weighted by molar-refractivity contribution is -0.00835. The molecular formula is C25H31N5O. The number of aryl methyl sites for hydroxylation is 2. The van der Waals surface area contributed by atoms with Gasteiger partial charge in [0.1, 0.15) is 11.9 Å². The Bertz CT molecular complexity index is 1030. The van der Waals surface area contributed by atoms with E-state index in [0.717, 1.165) is 31.4 Å². The van der Waals surface area contributed by atoms with Gasteiger partial charge in [-0.3, -0.25) is 4.99 Å². The minimum Gasteiger partial charge on any atom is -0.370 e. The van der Waals surface area contributed by atoms with Crippen molar-refractivity contribution < 1.29 is 4.74 Å². The molecule has 1 fully saturated rings. The van der Waals surface area contributed by atoms with Crippen LogP contribution in [0.1, 0.15) is 34.2 Å². The second-order valence-corrected chi connectivity index (χ2v) is 8.02. The third kappa shape index (κ3) is 5.14. The Morgan fingerprint density at radius 3 is 2.81 bits per heavy atom. The predicted molar refractivity (Wildman–Crippen MR) is 124 cm³/mol. The zero-order chi connectivity index (χ0) is 21.6. The number of nitrogens with one attached hydrogen (secondary N) is 1. The number of benzene rings is 2. The van der Waals surface area contributed by atoms with Gasteiger partial charge in [0.25, 0.3) is 0 Å². The third-order valence-corrected chi connectivity index (χ3v) is 5.75. The number of morpholine rings is 1. The summed E-state index contributed by atoms with van der Waals surface area (Å²) >= 11 is 0. The van der Waals surface area contributed by atoms with Crippen LogP contribution in [0, 0.1) is 13.8 Å². The second-order valence-electron chi connectivity index (χ2n) is 8.02. The molecule has 2 heterocycles. The van der Waals surface area contributed by atoms with Gasteiger partial charge in [0.05, 0.1) is 19.7 Å². The predicted octanol–water partition coefficient (Wildman–Crippen LogP) is 3.70. The standard InChI is InChI=1S/C25H31N5O/c1-19-9-10-22(20(2)15-19)23-18-30(13-14-31-23)25(26-3)28-16-24-27-11-12-29(24)17-21-7-5-4-6-8-21/h4-12,15,23H,13-14,16-18H2,1-3H3,(H,26,28). The molecule has 4 rings (SSSR count). The van der Waals surface area contributed by atoms with E-state index >= 15 is 0 Å². The van der Waals surface area contributed by atoms with Crippen LogP contribution >= 0.6 is 0 Å². The largest absolute Gasteiger partial charge is 0.370 e. The molecule has 1 saturated heterocycles. The van der Waals surface area contributed by atoms with E-state index < -0.39 is 0 Å².